The molecular formula is C13H22N2O. The van der Waals surface area contributed by atoms with E-state index in [0.29, 0.717) is 6.04 Å². The molecule has 0 amide bonds. The summed E-state index contributed by atoms with van der Waals surface area (Å²) in [6.45, 7) is 4.10. The third-order valence-corrected chi connectivity index (χ3v) is 3.48. The summed E-state index contributed by atoms with van der Waals surface area (Å²) in [6.07, 6.45) is 6.25. The molecule has 3 nitrogen and oxygen atoms in total. The SMILES string of the molecule is CCn1cccc1CNC1CCCC(O)C1. The Balaban J connectivity index is 1.82. The van der Waals surface area contributed by atoms with Crippen molar-refractivity contribution in [1.82, 2.24) is 9.88 Å². The Hall–Kier alpha value is -0.800. The highest BCUT2D eigenvalue weighted by atomic mass is 16.3. The summed E-state index contributed by atoms with van der Waals surface area (Å²) in [5.41, 5.74) is 1.34. The van der Waals surface area contributed by atoms with E-state index >= 15 is 0 Å². The summed E-state index contributed by atoms with van der Waals surface area (Å²) in [5, 5.41) is 13.1. The zero-order valence-electron chi connectivity index (χ0n) is 10.0. The highest BCUT2D eigenvalue weighted by Gasteiger charge is 2.19. The topological polar surface area (TPSA) is 37.2 Å². The van der Waals surface area contributed by atoms with Gasteiger partial charge in [0.2, 0.25) is 0 Å². The highest BCUT2D eigenvalue weighted by molar-refractivity contribution is 5.07. The van der Waals surface area contributed by atoms with Crippen molar-refractivity contribution < 1.29 is 5.11 Å². The minimum absolute atomic E-state index is 0.0933. The zero-order chi connectivity index (χ0) is 11.4. The largest absolute Gasteiger partial charge is 0.393 e. The molecule has 0 aromatic carbocycles. The van der Waals surface area contributed by atoms with Crippen molar-refractivity contribution in [2.24, 2.45) is 0 Å². The molecular weight excluding hydrogens is 200 g/mol. The number of aliphatic hydroxyl groups is 1. The molecule has 0 saturated heterocycles. The molecule has 0 radical (unpaired) electrons. The van der Waals surface area contributed by atoms with Crippen LogP contribution in [0.1, 0.15) is 38.3 Å². The molecule has 1 fully saturated rings. The summed E-state index contributed by atoms with van der Waals surface area (Å²) in [5.74, 6) is 0. The Morgan fingerprint density at radius 3 is 3.12 bits per heavy atom. The van der Waals surface area contributed by atoms with Crippen molar-refractivity contribution in [2.75, 3.05) is 0 Å². The summed E-state index contributed by atoms with van der Waals surface area (Å²) in [4.78, 5) is 0. The van der Waals surface area contributed by atoms with Crippen molar-refractivity contribution in [3.8, 4) is 0 Å². The van der Waals surface area contributed by atoms with Crippen LogP contribution in [0, 0.1) is 0 Å². The third-order valence-electron chi connectivity index (χ3n) is 3.48. The maximum Gasteiger partial charge on any atom is 0.0555 e. The van der Waals surface area contributed by atoms with Crippen LogP contribution in [-0.2, 0) is 13.1 Å². The Morgan fingerprint density at radius 1 is 1.50 bits per heavy atom. The van der Waals surface area contributed by atoms with Gasteiger partial charge in [-0.2, -0.15) is 0 Å². The van der Waals surface area contributed by atoms with Gasteiger partial charge in [-0.05, 0) is 44.7 Å². The number of rotatable bonds is 4. The Labute approximate surface area is 97.5 Å². The van der Waals surface area contributed by atoms with Crippen LogP contribution in [0.5, 0.6) is 0 Å². The van der Waals surface area contributed by atoms with Gasteiger partial charge < -0.3 is 15.0 Å². The third kappa shape index (κ3) is 2.86. The van der Waals surface area contributed by atoms with Crippen LogP contribution in [0.3, 0.4) is 0 Å². The fraction of sp³-hybridized carbons (Fsp3) is 0.692. The second-order valence-electron chi connectivity index (χ2n) is 4.68. The molecule has 2 atom stereocenters. The van der Waals surface area contributed by atoms with E-state index in [9.17, 15) is 5.11 Å². The van der Waals surface area contributed by atoms with Crippen molar-refractivity contribution >= 4 is 0 Å². The zero-order valence-corrected chi connectivity index (χ0v) is 10.0. The first-order chi connectivity index (χ1) is 7.79. The summed E-state index contributed by atoms with van der Waals surface area (Å²) >= 11 is 0. The normalized spacial score (nSPS) is 25.9. The lowest BCUT2D eigenvalue weighted by atomic mass is 9.93. The maximum atomic E-state index is 9.59. The van der Waals surface area contributed by atoms with Crippen LogP contribution in [0.2, 0.25) is 0 Å². The second-order valence-corrected chi connectivity index (χ2v) is 4.68. The number of hydrogen-bond donors (Lipinski definition) is 2. The van der Waals surface area contributed by atoms with Gasteiger partial charge in [0.05, 0.1) is 6.10 Å². The van der Waals surface area contributed by atoms with E-state index in [1.165, 1.54) is 12.1 Å². The number of nitrogens with zero attached hydrogens (tertiary/aromatic N) is 1. The lowest BCUT2D eigenvalue weighted by Crippen LogP contribution is -2.35. The number of hydrogen-bond acceptors (Lipinski definition) is 2. The summed E-state index contributed by atoms with van der Waals surface area (Å²) < 4.78 is 2.26. The molecule has 1 aliphatic carbocycles. The van der Waals surface area contributed by atoms with E-state index in [2.05, 4.69) is 35.1 Å². The first-order valence-electron chi connectivity index (χ1n) is 6.35. The lowest BCUT2D eigenvalue weighted by molar-refractivity contribution is 0.111. The first kappa shape index (κ1) is 11.7. The molecule has 0 spiro atoms. The van der Waals surface area contributed by atoms with Crippen LogP contribution >= 0.6 is 0 Å². The van der Waals surface area contributed by atoms with Gasteiger partial charge in [0.15, 0.2) is 0 Å². The van der Waals surface area contributed by atoms with Crippen molar-refractivity contribution in [2.45, 2.75) is 57.8 Å². The predicted molar refractivity (Wildman–Crippen MR) is 65.2 cm³/mol. The second kappa shape index (κ2) is 5.51. The van der Waals surface area contributed by atoms with Gasteiger partial charge in [0.1, 0.15) is 0 Å². The maximum absolute atomic E-state index is 9.59. The van der Waals surface area contributed by atoms with Crippen LogP contribution < -0.4 is 5.32 Å². The molecule has 1 heterocycles. The highest BCUT2D eigenvalue weighted by Crippen LogP contribution is 2.18. The molecule has 90 valence electrons. The standard InChI is InChI=1S/C13H22N2O/c1-2-15-8-4-6-12(15)10-14-11-5-3-7-13(16)9-11/h4,6,8,11,13-14,16H,2-3,5,7,9-10H2,1H3. The van der Waals surface area contributed by atoms with Crippen LogP contribution in [-0.4, -0.2) is 21.8 Å². The van der Waals surface area contributed by atoms with Gasteiger partial charge in [-0.25, -0.2) is 0 Å². The van der Waals surface area contributed by atoms with E-state index in [0.717, 1.165) is 32.4 Å². The summed E-state index contributed by atoms with van der Waals surface area (Å²) in [6, 6.07) is 4.75. The fourth-order valence-electron chi connectivity index (χ4n) is 2.52. The smallest absolute Gasteiger partial charge is 0.0555 e. The lowest BCUT2D eigenvalue weighted by Gasteiger charge is -2.26. The quantitative estimate of drug-likeness (QED) is 0.816. The van der Waals surface area contributed by atoms with E-state index in [1.54, 1.807) is 0 Å². The molecule has 2 N–H and O–H groups in total. The Morgan fingerprint density at radius 2 is 2.38 bits per heavy atom. The van der Waals surface area contributed by atoms with Crippen molar-refractivity contribution in [1.29, 1.82) is 0 Å². The van der Waals surface area contributed by atoms with Gasteiger partial charge in [-0.3, -0.25) is 0 Å². The van der Waals surface area contributed by atoms with Crippen molar-refractivity contribution in [3.05, 3.63) is 24.0 Å². The fourth-order valence-corrected chi connectivity index (χ4v) is 2.52. The summed E-state index contributed by atoms with van der Waals surface area (Å²) in [7, 11) is 0. The van der Waals surface area contributed by atoms with Crippen LogP contribution in [0.4, 0.5) is 0 Å². The van der Waals surface area contributed by atoms with Gasteiger partial charge in [0.25, 0.3) is 0 Å². The number of aryl methyl sites for hydroxylation is 1. The molecule has 1 aromatic rings. The van der Waals surface area contributed by atoms with E-state index < -0.39 is 0 Å². The van der Waals surface area contributed by atoms with Crippen LogP contribution in [0.25, 0.3) is 0 Å². The van der Waals surface area contributed by atoms with Crippen LogP contribution in [0.15, 0.2) is 18.3 Å². The number of aliphatic hydroxyl groups excluding tert-OH is 1. The molecule has 0 bridgehead atoms. The first-order valence-corrected chi connectivity index (χ1v) is 6.35. The predicted octanol–water partition coefficient (Wildman–Crippen LogP) is 1.90. The average molecular weight is 222 g/mol. The molecule has 1 aliphatic rings. The number of nitrogens with one attached hydrogen (secondary N) is 1. The minimum Gasteiger partial charge on any atom is -0.393 e. The average Bonchev–Trinajstić information content (AvgIpc) is 2.74. The molecule has 1 aromatic heterocycles. The molecule has 2 unspecified atom stereocenters. The van der Waals surface area contributed by atoms with Gasteiger partial charge in [-0.15, -0.1) is 0 Å². The van der Waals surface area contributed by atoms with Gasteiger partial charge in [-0.1, -0.05) is 0 Å². The molecule has 1 saturated carbocycles. The molecule has 2 rings (SSSR count). The van der Waals surface area contributed by atoms with Crippen molar-refractivity contribution in [3.63, 3.8) is 0 Å². The van der Waals surface area contributed by atoms with Gasteiger partial charge >= 0.3 is 0 Å². The Bertz CT molecular complexity index is 321. The minimum atomic E-state index is -0.0933. The van der Waals surface area contributed by atoms with E-state index in [1.807, 2.05) is 0 Å². The monoisotopic (exact) mass is 222 g/mol. The van der Waals surface area contributed by atoms with E-state index in [4.69, 9.17) is 0 Å². The number of aromatic nitrogens is 1. The van der Waals surface area contributed by atoms with E-state index in [-0.39, 0.29) is 6.10 Å². The molecule has 3 heteroatoms. The molecule has 0 aliphatic heterocycles. The Kier molecular flexibility index (Phi) is 4.02. The van der Waals surface area contributed by atoms with Gasteiger partial charge in [0, 0.05) is 31.0 Å². The molecule has 16 heavy (non-hydrogen) atoms.